The number of hydrogen-bond acceptors (Lipinski definition) is 2. The number of anilines is 1. The first kappa shape index (κ1) is 16.7. The fourth-order valence-corrected chi connectivity index (χ4v) is 4.38. The highest BCUT2D eigenvalue weighted by atomic mass is 127. The summed E-state index contributed by atoms with van der Waals surface area (Å²) in [6.45, 7) is 1.84. The topological polar surface area (TPSA) is 20.3 Å². The van der Waals surface area contributed by atoms with Crippen LogP contribution in [-0.2, 0) is 9.22 Å². The first-order chi connectivity index (χ1) is 11.0. The Morgan fingerprint density at radius 3 is 2.74 bits per heavy atom. The Labute approximate surface area is 151 Å². The van der Waals surface area contributed by atoms with Crippen LogP contribution >= 0.6 is 34.4 Å². The number of alkyl halides is 1. The second kappa shape index (κ2) is 6.76. The number of rotatable bonds is 3. The van der Waals surface area contributed by atoms with Crippen LogP contribution in [0.4, 0.5) is 14.5 Å². The zero-order valence-electron chi connectivity index (χ0n) is 12.4. The summed E-state index contributed by atoms with van der Waals surface area (Å²) in [7, 11) is 0. The van der Waals surface area contributed by atoms with E-state index in [-0.39, 0.29) is 22.9 Å². The summed E-state index contributed by atoms with van der Waals surface area (Å²) >= 11 is 3.54. The van der Waals surface area contributed by atoms with Gasteiger partial charge in [0.2, 0.25) is 5.91 Å². The molecular weight excluding hydrogens is 431 g/mol. The Balaban J connectivity index is 2.03. The molecule has 120 valence electrons. The van der Waals surface area contributed by atoms with Crippen LogP contribution < -0.4 is 4.90 Å². The van der Waals surface area contributed by atoms with Crippen molar-refractivity contribution in [2.45, 2.75) is 16.7 Å². The maximum atomic E-state index is 14.1. The Morgan fingerprint density at radius 2 is 2.04 bits per heavy atom. The second-order valence-electron chi connectivity index (χ2n) is 5.34. The predicted octanol–water partition coefficient (Wildman–Crippen LogP) is 4.99. The molecule has 1 heterocycles. The third-order valence-corrected chi connectivity index (χ3v) is 5.84. The molecule has 0 bridgehead atoms. The number of hydrogen-bond donors (Lipinski definition) is 0. The quantitative estimate of drug-likeness (QED) is 0.491. The molecule has 1 amide bonds. The highest BCUT2D eigenvalue weighted by molar-refractivity contribution is 14.1. The lowest BCUT2D eigenvalue weighted by Gasteiger charge is -2.26. The molecule has 2 aromatic rings. The number of amides is 1. The molecular formula is C17H14F2INOS. The third kappa shape index (κ3) is 3.24. The van der Waals surface area contributed by atoms with Gasteiger partial charge in [0.15, 0.2) is 0 Å². The molecule has 1 unspecified atom stereocenters. The van der Waals surface area contributed by atoms with Crippen molar-refractivity contribution < 1.29 is 13.6 Å². The van der Waals surface area contributed by atoms with Crippen molar-refractivity contribution in [3.63, 3.8) is 0 Å². The van der Waals surface area contributed by atoms with Gasteiger partial charge in [-0.05, 0) is 41.8 Å². The summed E-state index contributed by atoms with van der Waals surface area (Å²) in [6, 6.07) is 9.45. The molecule has 0 spiro atoms. The molecule has 1 aliphatic heterocycles. The van der Waals surface area contributed by atoms with Crippen LogP contribution in [0, 0.1) is 18.6 Å². The van der Waals surface area contributed by atoms with E-state index in [2.05, 4.69) is 22.6 Å². The van der Waals surface area contributed by atoms with Crippen molar-refractivity contribution >= 4 is 45.9 Å². The van der Waals surface area contributed by atoms with E-state index < -0.39 is 0 Å². The van der Waals surface area contributed by atoms with Gasteiger partial charge >= 0.3 is 0 Å². The molecule has 2 nitrogen and oxygen atoms in total. The molecule has 1 saturated heterocycles. The molecule has 23 heavy (non-hydrogen) atoms. The van der Waals surface area contributed by atoms with E-state index in [1.807, 2.05) is 13.0 Å². The Bertz CT molecular complexity index is 768. The van der Waals surface area contributed by atoms with Crippen LogP contribution in [0.5, 0.6) is 0 Å². The van der Waals surface area contributed by atoms with Gasteiger partial charge < -0.3 is 0 Å². The lowest BCUT2D eigenvalue weighted by molar-refractivity contribution is -0.115. The molecule has 2 aromatic carbocycles. The van der Waals surface area contributed by atoms with E-state index in [1.165, 1.54) is 30.0 Å². The number of thioether (sulfide) groups is 1. The van der Waals surface area contributed by atoms with Crippen LogP contribution in [0.15, 0.2) is 36.4 Å². The van der Waals surface area contributed by atoms with Crippen molar-refractivity contribution in [1.82, 2.24) is 0 Å². The van der Waals surface area contributed by atoms with Crippen molar-refractivity contribution in [3.8, 4) is 0 Å². The zero-order chi connectivity index (χ0) is 16.6. The maximum absolute atomic E-state index is 14.1. The van der Waals surface area contributed by atoms with Crippen molar-refractivity contribution in [1.29, 1.82) is 0 Å². The molecule has 0 aromatic heterocycles. The molecule has 0 N–H and O–H groups in total. The number of benzene rings is 2. The molecule has 1 aliphatic rings. The van der Waals surface area contributed by atoms with Crippen LogP contribution in [0.1, 0.15) is 22.1 Å². The average Bonchev–Trinajstić information content (AvgIpc) is 2.91. The SMILES string of the molecule is Cc1ccc(F)cc1N1C(=O)CSC1c1ccc(CI)c(F)c1. The van der Waals surface area contributed by atoms with Crippen molar-refractivity contribution in [3.05, 3.63) is 64.7 Å². The van der Waals surface area contributed by atoms with Crippen LogP contribution in [0.3, 0.4) is 0 Å². The van der Waals surface area contributed by atoms with Gasteiger partial charge in [0, 0.05) is 4.43 Å². The van der Waals surface area contributed by atoms with Gasteiger partial charge in [-0.2, -0.15) is 0 Å². The van der Waals surface area contributed by atoms with Gasteiger partial charge in [-0.1, -0.05) is 40.8 Å². The van der Waals surface area contributed by atoms with E-state index in [0.717, 1.165) is 11.1 Å². The molecule has 0 aliphatic carbocycles. The summed E-state index contributed by atoms with van der Waals surface area (Å²) in [6.07, 6.45) is 0. The number of carbonyl (C=O) groups is 1. The van der Waals surface area contributed by atoms with E-state index in [4.69, 9.17) is 0 Å². The maximum Gasteiger partial charge on any atom is 0.238 e. The number of halogens is 3. The number of carbonyl (C=O) groups excluding carboxylic acids is 1. The molecule has 0 saturated carbocycles. The molecule has 6 heteroatoms. The first-order valence-corrected chi connectivity index (χ1v) is 9.63. The normalized spacial score (nSPS) is 17.8. The fourth-order valence-electron chi connectivity index (χ4n) is 2.60. The second-order valence-corrected chi connectivity index (χ2v) is 7.17. The highest BCUT2D eigenvalue weighted by Gasteiger charge is 2.35. The lowest BCUT2D eigenvalue weighted by atomic mass is 10.1. The molecule has 3 rings (SSSR count). The van der Waals surface area contributed by atoms with Crippen LogP contribution in [0.2, 0.25) is 0 Å². The standard InChI is InChI=1S/C17H14F2INOS/c1-10-2-5-13(18)7-15(10)21-16(22)9-23-17(21)11-3-4-12(8-20)14(19)6-11/h2-7,17H,8-9H2,1H3. The minimum atomic E-state index is -0.388. The van der Waals surface area contributed by atoms with E-state index >= 15 is 0 Å². The van der Waals surface area contributed by atoms with Gasteiger partial charge in [0.25, 0.3) is 0 Å². The van der Waals surface area contributed by atoms with Gasteiger partial charge in [-0.25, -0.2) is 8.78 Å². The van der Waals surface area contributed by atoms with Crippen molar-refractivity contribution in [2.75, 3.05) is 10.7 Å². The summed E-state index contributed by atoms with van der Waals surface area (Å²) < 4.78 is 28.3. The van der Waals surface area contributed by atoms with Gasteiger partial charge in [0.1, 0.15) is 17.0 Å². The van der Waals surface area contributed by atoms with Gasteiger partial charge in [-0.15, -0.1) is 11.8 Å². The Kier molecular flexibility index (Phi) is 4.91. The summed E-state index contributed by atoms with van der Waals surface area (Å²) in [4.78, 5) is 13.9. The smallest absolute Gasteiger partial charge is 0.238 e. The number of nitrogens with zero attached hydrogens (tertiary/aromatic N) is 1. The Hall–Kier alpha value is -1.15. The number of aryl methyl sites for hydroxylation is 1. The predicted molar refractivity (Wildman–Crippen MR) is 97.9 cm³/mol. The largest absolute Gasteiger partial charge is 0.295 e. The third-order valence-electron chi connectivity index (χ3n) is 3.80. The van der Waals surface area contributed by atoms with Crippen LogP contribution in [-0.4, -0.2) is 11.7 Å². The van der Waals surface area contributed by atoms with Gasteiger partial charge in [-0.3, -0.25) is 9.69 Å². The summed E-state index contributed by atoms with van der Waals surface area (Å²) in [5.74, 6) is -0.448. The fraction of sp³-hybridized carbons (Fsp3) is 0.235. The summed E-state index contributed by atoms with van der Waals surface area (Å²) in [5.41, 5.74) is 2.72. The van der Waals surface area contributed by atoms with E-state index in [0.29, 0.717) is 21.4 Å². The zero-order valence-corrected chi connectivity index (χ0v) is 15.3. The highest BCUT2D eigenvalue weighted by Crippen LogP contribution is 2.43. The molecule has 0 radical (unpaired) electrons. The minimum absolute atomic E-state index is 0.0907. The van der Waals surface area contributed by atoms with E-state index in [9.17, 15) is 13.6 Å². The minimum Gasteiger partial charge on any atom is -0.295 e. The molecule has 1 atom stereocenters. The average molecular weight is 445 g/mol. The van der Waals surface area contributed by atoms with Crippen LogP contribution in [0.25, 0.3) is 0 Å². The summed E-state index contributed by atoms with van der Waals surface area (Å²) in [5, 5.41) is -0.333. The lowest BCUT2D eigenvalue weighted by Crippen LogP contribution is -2.28. The molecule has 1 fully saturated rings. The monoisotopic (exact) mass is 445 g/mol. The van der Waals surface area contributed by atoms with Gasteiger partial charge in [0.05, 0.1) is 11.4 Å². The first-order valence-electron chi connectivity index (χ1n) is 7.05. The Morgan fingerprint density at radius 1 is 1.26 bits per heavy atom. The van der Waals surface area contributed by atoms with E-state index in [1.54, 1.807) is 17.0 Å². The van der Waals surface area contributed by atoms with Crippen molar-refractivity contribution in [2.24, 2.45) is 0 Å².